The molecule has 24 heavy (non-hydrogen) atoms. The molecule has 5 heteroatoms. The van der Waals surface area contributed by atoms with Gasteiger partial charge in [-0.25, -0.2) is 4.79 Å². The molecule has 0 amide bonds. The maximum atomic E-state index is 12.1. The molecule has 0 unspecified atom stereocenters. The van der Waals surface area contributed by atoms with Gasteiger partial charge in [0.25, 0.3) is 0 Å². The first-order valence-electron chi connectivity index (χ1n) is 8.04. The first-order valence-corrected chi connectivity index (χ1v) is 8.83. The summed E-state index contributed by atoms with van der Waals surface area (Å²) in [6, 6.07) is 17.0. The number of esters is 1. The summed E-state index contributed by atoms with van der Waals surface area (Å²) in [6.45, 7) is 0. The molecule has 0 radical (unpaired) electrons. The number of hydrogen-bond acceptors (Lipinski definition) is 4. The number of nitrogens with one attached hydrogen (secondary N) is 1. The molecule has 2 aromatic carbocycles. The maximum Gasteiger partial charge on any atom is 0.338 e. The molecule has 1 saturated carbocycles. The number of carbonyl (C=O) groups is 1. The van der Waals surface area contributed by atoms with Gasteiger partial charge in [0.05, 0.1) is 11.3 Å². The van der Waals surface area contributed by atoms with Crippen molar-refractivity contribution in [1.82, 2.24) is 0 Å². The Bertz CT molecular complexity index is 704. The van der Waals surface area contributed by atoms with Crippen LogP contribution in [0.1, 0.15) is 36.0 Å². The Morgan fingerprint density at radius 1 is 1.04 bits per heavy atom. The average molecular weight is 387 g/mol. The predicted octanol–water partition coefficient (Wildman–Crippen LogP) is 5.02. The van der Waals surface area contributed by atoms with Crippen molar-refractivity contribution in [3.05, 3.63) is 64.6 Å². The third kappa shape index (κ3) is 4.68. The van der Waals surface area contributed by atoms with Crippen LogP contribution >= 0.6 is 15.9 Å². The van der Waals surface area contributed by atoms with E-state index in [2.05, 4.69) is 26.5 Å². The average Bonchev–Trinajstić information content (AvgIpc) is 2.63. The van der Waals surface area contributed by atoms with Crippen LogP contribution in [0.25, 0.3) is 0 Å². The van der Waals surface area contributed by atoms with Gasteiger partial charge in [-0.15, -0.1) is 0 Å². The number of carbonyl (C=O) groups excluding carboxylic acids is 1. The first kappa shape index (κ1) is 16.7. The van der Waals surface area contributed by atoms with Crippen molar-refractivity contribution < 1.29 is 9.53 Å². The van der Waals surface area contributed by atoms with Crippen molar-refractivity contribution in [3.63, 3.8) is 0 Å². The van der Waals surface area contributed by atoms with Crippen LogP contribution in [0.5, 0.6) is 0 Å². The Hall–Kier alpha value is -2.14. The summed E-state index contributed by atoms with van der Waals surface area (Å²) in [4.78, 5) is 12.1. The van der Waals surface area contributed by atoms with E-state index >= 15 is 0 Å². The number of hydrogen-bond donors (Lipinski definition) is 1. The van der Waals surface area contributed by atoms with Crippen molar-refractivity contribution in [2.45, 2.75) is 31.8 Å². The van der Waals surface area contributed by atoms with Crippen LogP contribution in [0.15, 0.2) is 64.2 Å². The molecule has 1 aliphatic carbocycles. The van der Waals surface area contributed by atoms with Crippen LogP contribution in [-0.4, -0.2) is 17.8 Å². The van der Waals surface area contributed by atoms with Crippen LogP contribution in [-0.2, 0) is 4.74 Å². The van der Waals surface area contributed by atoms with E-state index < -0.39 is 0 Å². The van der Waals surface area contributed by atoms with Gasteiger partial charge in [0.1, 0.15) is 6.10 Å². The van der Waals surface area contributed by atoms with Crippen molar-refractivity contribution in [2.24, 2.45) is 5.10 Å². The van der Waals surface area contributed by atoms with E-state index in [9.17, 15) is 4.79 Å². The van der Waals surface area contributed by atoms with Gasteiger partial charge in [-0.2, -0.15) is 5.10 Å². The van der Waals surface area contributed by atoms with Gasteiger partial charge in [-0.3, -0.25) is 5.43 Å². The zero-order valence-corrected chi connectivity index (χ0v) is 14.8. The second-order valence-corrected chi connectivity index (χ2v) is 6.68. The molecule has 0 spiro atoms. The highest BCUT2D eigenvalue weighted by molar-refractivity contribution is 9.10. The van der Waals surface area contributed by atoms with Gasteiger partial charge in [0.15, 0.2) is 0 Å². The van der Waals surface area contributed by atoms with Gasteiger partial charge in [0.2, 0.25) is 0 Å². The fraction of sp³-hybridized carbons (Fsp3) is 0.263. The van der Waals surface area contributed by atoms with Gasteiger partial charge in [-0.05, 0) is 62.1 Å². The number of anilines is 1. The zero-order chi connectivity index (χ0) is 16.8. The van der Waals surface area contributed by atoms with E-state index in [0.29, 0.717) is 5.56 Å². The topological polar surface area (TPSA) is 50.7 Å². The predicted molar refractivity (Wildman–Crippen MR) is 99.3 cm³/mol. The second-order valence-electron chi connectivity index (χ2n) is 5.77. The van der Waals surface area contributed by atoms with E-state index in [1.165, 1.54) is 0 Å². The van der Waals surface area contributed by atoms with Gasteiger partial charge < -0.3 is 4.74 Å². The lowest BCUT2D eigenvalue weighted by Crippen LogP contribution is -2.25. The van der Waals surface area contributed by atoms with E-state index in [1.54, 1.807) is 12.1 Å². The van der Waals surface area contributed by atoms with E-state index in [0.717, 1.165) is 41.6 Å². The second kappa shape index (κ2) is 8.11. The van der Waals surface area contributed by atoms with Crippen LogP contribution in [0.4, 0.5) is 5.69 Å². The maximum absolute atomic E-state index is 12.1. The monoisotopic (exact) mass is 386 g/mol. The Balaban J connectivity index is 1.48. The number of rotatable bonds is 4. The number of nitrogens with zero attached hydrogens (tertiary/aromatic N) is 1. The molecule has 4 nitrogen and oxygen atoms in total. The largest absolute Gasteiger partial charge is 0.459 e. The molecule has 1 aliphatic rings. The van der Waals surface area contributed by atoms with Crippen molar-refractivity contribution in [2.75, 3.05) is 5.43 Å². The molecule has 0 heterocycles. The zero-order valence-electron chi connectivity index (χ0n) is 13.2. The van der Waals surface area contributed by atoms with Crippen LogP contribution < -0.4 is 5.43 Å². The SMILES string of the molecule is O=C(OC1CCC(=NNc2ccc(Br)cc2)CC1)c1ccccc1. The van der Waals surface area contributed by atoms with Crippen molar-refractivity contribution >= 4 is 33.3 Å². The number of ether oxygens (including phenoxy) is 1. The minimum absolute atomic E-state index is 0.0238. The van der Waals surface area contributed by atoms with Crippen LogP contribution in [0, 0.1) is 0 Å². The molecular formula is C19H19BrN2O2. The Kier molecular flexibility index (Phi) is 5.64. The molecule has 124 valence electrons. The molecule has 0 saturated heterocycles. The van der Waals surface area contributed by atoms with Crippen LogP contribution in [0.2, 0.25) is 0 Å². The molecule has 0 bridgehead atoms. The summed E-state index contributed by atoms with van der Waals surface area (Å²) in [5.74, 6) is -0.242. The van der Waals surface area contributed by atoms with E-state index in [1.807, 2.05) is 42.5 Å². The summed E-state index contributed by atoms with van der Waals surface area (Å²) < 4.78 is 6.63. The summed E-state index contributed by atoms with van der Waals surface area (Å²) in [5, 5.41) is 4.47. The highest BCUT2D eigenvalue weighted by atomic mass is 79.9. The number of hydrazone groups is 1. The fourth-order valence-electron chi connectivity index (χ4n) is 2.62. The summed E-state index contributed by atoms with van der Waals surface area (Å²) in [6.07, 6.45) is 3.30. The van der Waals surface area contributed by atoms with E-state index in [4.69, 9.17) is 4.74 Å². The lowest BCUT2D eigenvalue weighted by molar-refractivity contribution is 0.0256. The lowest BCUT2D eigenvalue weighted by atomic mass is 9.96. The summed E-state index contributed by atoms with van der Waals surface area (Å²) in [5.41, 5.74) is 5.76. The lowest BCUT2D eigenvalue weighted by Gasteiger charge is -2.23. The first-order chi connectivity index (χ1) is 11.7. The van der Waals surface area contributed by atoms with Gasteiger partial charge >= 0.3 is 5.97 Å². The molecule has 2 aromatic rings. The Labute approximate surface area is 150 Å². The minimum Gasteiger partial charge on any atom is -0.459 e. The highest BCUT2D eigenvalue weighted by Gasteiger charge is 2.21. The smallest absolute Gasteiger partial charge is 0.338 e. The molecule has 3 rings (SSSR count). The normalized spacial score (nSPS) is 17.2. The third-order valence-corrected chi connectivity index (χ3v) is 4.51. The molecule has 1 fully saturated rings. The molecule has 0 aliphatic heterocycles. The fourth-order valence-corrected chi connectivity index (χ4v) is 2.88. The van der Waals surface area contributed by atoms with Crippen molar-refractivity contribution in [3.8, 4) is 0 Å². The Morgan fingerprint density at radius 3 is 2.38 bits per heavy atom. The standard InChI is InChI=1S/C19H19BrN2O2/c20-15-6-8-16(9-7-15)21-22-17-10-12-18(13-11-17)24-19(23)14-4-2-1-3-5-14/h1-9,18,21H,10-13H2. The summed E-state index contributed by atoms with van der Waals surface area (Å²) >= 11 is 3.41. The third-order valence-electron chi connectivity index (χ3n) is 3.98. The van der Waals surface area contributed by atoms with Crippen molar-refractivity contribution in [1.29, 1.82) is 0 Å². The van der Waals surface area contributed by atoms with Gasteiger partial charge in [-0.1, -0.05) is 34.1 Å². The Morgan fingerprint density at radius 2 is 1.71 bits per heavy atom. The number of benzene rings is 2. The number of halogens is 1. The van der Waals surface area contributed by atoms with Crippen LogP contribution in [0.3, 0.4) is 0 Å². The quantitative estimate of drug-likeness (QED) is 0.592. The summed E-state index contributed by atoms with van der Waals surface area (Å²) in [7, 11) is 0. The van der Waals surface area contributed by atoms with E-state index in [-0.39, 0.29) is 12.1 Å². The molecule has 0 aromatic heterocycles. The van der Waals surface area contributed by atoms with Gasteiger partial charge in [0, 0.05) is 10.2 Å². The highest BCUT2D eigenvalue weighted by Crippen LogP contribution is 2.21. The molecule has 0 atom stereocenters. The molecular weight excluding hydrogens is 368 g/mol. The minimum atomic E-state index is -0.242. The molecule has 1 N–H and O–H groups in total.